The largest absolute Gasteiger partial charge is 0.478 e. The van der Waals surface area contributed by atoms with E-state index in [0.29, 0.717) is 17.9 Å². The van der Waals surface area contributed by atoms with E-state index < -0.39 is 15.8 Å². The second kappa shape index (κ2) is 4.56. The number of nitrogens with one attached hydrogen (secondary N) is 1. The highest BCUT2D eigenvalue weighted by atomic mass is 32.2. The maximum Gasteiger partial charge on any atom is 0.337 e. The van der Waals surface area contributed by atoms with Crippen molar-refractivity contribution < 1.29 is 18.3 Å². The molecule has 98 valence electrons. The van der Waals surface area contributed by atoms with Gasteiger partial charge >= 0.3 is 5.97 Å². The third kappa shape index (κ3) is 2.79. The van der Waals surface area contributed by atoms with Crippen LogP contribution in [0, 0.1) is 6.92 Å². The molecule has 1 aromatic rings. The Bertz CT molecular complexity index is 583. The van der Waals surface area contributed by atoms with Gasteiger partial charge in [0.05, 0.1) is 22.8 Å². The number of hydrogen-bond donors (Lipinski definition) is 2. The number of anilines is 1. The highest BCUT2D eigenvalue weighted by Gasteiger charge is 2.27. The topological polar surface area (TPSA) is 96.4 Å². The molecule has 1 atom stereocenters. The van der Waals surface area contributed by atoms with E-state index >= 15 is 0 Å². The number of carbonyl (C=O) groups is 1. The maximum atomic E-state index is 11.3. The van der Waals surface area contributed by atoms with Crippen molar-refractivity contribution in [3.05, 3.63) is 23.4 Å². The van der Waals surface area contributed by atoms with Gasteiger partial charge in [-0.1, -0.05) is 0 Å². The molecule has 0 amide bonds. The Labute approximate surface area is 105 Å². The van der Waals surface area contributed by atoms with Crippen LogP contribution in [-0.2, 0) is 9.84 Å². The number of aromatic carboxylic acids is 1. The fourth-order valence-corrected chi connectivity index (χ4v) is 3.66. The standard InChI is InChI=1S/C11H14N2O4S/c1-7-9(11(14)15)2-3-10(12-7)13-8-4-5-18(16,17)6-8/h2-3,8H,4-6H2,1H3,(H,12,13)(H,14,15). The quantitative estimate of drug-likeness (QED) is 0.838. The number of pyridine rings is 1. The molecule has 0 spiro atoms. The lowest BCUT2D eigenvalue weighted by molar-refractivity contribution is 0.0695. The van der Waals surface area contributed by atoms with Gasteiger partial charge < -0.3 is 10.4 Å². The molecule has 0 aliphatic carbocycles. The summed E-state index contributed by atoms with van der Waals surface area (Å²) in [4.78, 5) is 14.9. The van der Waals surface area contributed by atoms with E-state index in [9.17, 15) is 13.2 Å². The van der Waals surface area contributed by atoms with Crippen LogP contribution in [0.2, 0.25) is 0 Å². The number of nitrogens with zero attached hydrogens (tertiary/aromatic N) is 1. The summed E-state index contributed by atoms with van der Waals surface area (Å²) in [6, 6.07) is 2.88. The zero-order valence-electron chi connectivity index (χ0n) is 9.88. The lowest BCUT2D eigenvalue weighted by atomic mass is 10.2. The molecule has 1 unspecified atom stereocenters. The summed E-state index contributed by atoms with van der Waals surface area (Å²) in [6.07, 6.45) is 0.559. The lowest BCUT2D eigenvalue weighted by Crippen LogP contribution is -2.21. The first-order valence-corrected chi connectivity index (χ1v) is 7.37. The molecule has 18 heavy (non-hydrogen) atoms. The first kappa shape index (κ1) is 12.8. The van der Waals surface area contributed by atoms with Crippen LogP contribution >= 0.6 is 0 Å². The van der Waals surface area contributed by atoms with Crippen molar-refractivity contribution in [3.63, 3.8) is 0 Å². The maximum absolute atomic E-state index is 11.3. The summed E-state index contributed by atoms with van der Waals surface area (Å²) >= 11 is 0. The van der Waals surface area contributed by atoms with Crippen molar-refractivity contribution >= 4 is 21.6 Å². The number of sulfone groups is 1. The van der Waals surface area contributed by atoms with Crippen molar-refractivity contribution in [2.45, 2.75) is 19.4 Å². The molecule has 0 bridgehead atoms. The predicted molar refractivity (Wildman–Crippen MR) is 66.6 cm³/mol. The van der Waals surface area contributed by atoms with Crippen LogP contribution in [0.15, 0.2) is 12.1 Å². The summed E-state index contributed by atoms with van der Waals surface area (Å²) in [5, 5.41) is 11.9. The van der Waals surface area contributed by atoms with Gasteiger partial charge in [0, 0.05) is 6.04 Å². The lowest BCUT2D eigenvalue weighted by Gasteiger charge is -2.12. The van der Waals surface area contributed by atoms with Crippen molar-refractivity contribution in [1.29, 1.82) is 0 Å². The van der Waals surface area contributed by atoms with Crippen LogP contribution in [0.3, 0.4) is 0 Å². The van der Waals surface area contributed by atoms with Gasteiger partial charge in [0.2, 0.25) is 0 Å². The van der Waals surface area contributed by atoms with Crippen molar-refractivity contribution in [1.82, 2.24) is 4.98 Å². The van der Waals surface area contributed by atoms with Gasteiger partial charge in [-0.2, -0.15) is 0 Å². The normalized spacial score (nSPS) is 21.7. The van der Waals surface area contributed by atoms with Gasteiger partial charge in [-0.15, -0.1) is 0 Å². The molecule has 2 rings (SSSR count). The van der Waals surface area contributed by atoms with Crippen LogP contribution < -0.4 is 5.32 Å². The molecular weight excluding hydrogens is 256 g/mol. The van der Waals surface area contributed by atoms with E-state index in [2.05, 4.69) is 10.3 Å². The molecule has 7 heteroatoms. The Balaban J connectivity index is 2.12. The Morgan fingerprint density at radius 2 is 2.22 bits per heavy atom. The number of carboxylic acid groups (broad SMARTS) is 1. The van der Waals surface area contributed by atoms with Crippen LogP contribution in [0.5, 0.6) is 0 Å². The number of rotatable bonds is 3. The van der Waals surface area contributed by atoms with Crippen LogP contribution in [-0.4, -0.2) is 42.0 Å². The van der Waals surface area contributed by atoms with Gasteiger partial charge in [0.1, 0.15) is 5.82 Å². The molecule has 6 nitrogen and oxygen atoms in total. The molecule has 1 aliphatic rings. The average molecular weight is 270 g/mol. The molecule has 1 saturated heterocycles. The number of hydrogen-bond acceptors (Lipinski definition) is 5. The van der Waals surface area contributed by atoms with E-state index in [4.69, 9.17) is 5.11 Å². The minimum absolute atomic E-state index is 0.106. The molecule has 0 radical (unpaired) electrons. The first-order chi connectivity index (χ1) is 8.37. The van der Waals surface area contributed by atoms with Gasteiger partial charge in [-0.05, 0) is 25.5 Å². The molecule has 2 heterocycles. The van der Waals surface area contributed by atoms with Gasteiger partial charge in [-0.25, -0.2) is 18.2 Å². The zero-order valence-corrected chi connectivity index (χ0v) is 10.7. The second-order valence-corrected chi connectivity index (χ2v) is 6.61. The molecule has 1 fully saturated rings. The Morgan fingerprint density at radius 3 is 2.72 bits per heavy atom. The summed E-state index contributed by atoms with van der Waals surface area (Å²) < 4.78 is 22.6. The fraction of sp³-hybridized carbons (Fsp3) is 0.455. The van der Waals surface area contributed by atoms with Crippen molar-refractivity contribution in [3.8, 4) is 0 Å². The second-order valence-electron chi connectivity index (χ2n) is 4.38. The van der Waals surface area contributed by atoms with Crippen molar-refractivity contribution in [2.24, 2.45) is 0 Å². The SMILES string of the molecule is Cc1nc(NC2CCS(=O)(=O)C2)ccc1C(=O)O. The third-order valence-electron chi connectivity index (χ3n) is 2.90. The highest BCUT2D eigenvalue weighted by molar-refractivity contribution is 7.91. The number of aromatic nitrogens is 1. The number of carboxylic acids is 1. The van der Waals surface area contributed by atoms with E-state index in [1.165, 1.54) is 6.07 Å². The third-order valence-corrected chi connectivity index (χ3v) is 4.67. The average Bonchev–Trinajstić information content (AvgIpc) is 2.57. The fourth-order valence-electron chi connectivity index (χ4n) is 1.99. The Hall–Kier alpha value is -1.63. The molecule has 1 aromatic heterocycles. The number of aryl methyl sites for hydroxylation is 1. The minimum Gasteiger partial charge on any atom is -0.478 e. The Morgan fingerprint density at radius 1 is 1.50 bits per heavy atom. The summed E-state index contributed by atoms with van der Waals surface area (Å²) in [6.45, 7) is 1.61. The molecule has 0 aromatic carbocycles. The summed E-state index contributed by atoms with van der Waals surface area (Å²) in [5.74, 6) is -0.208. The zero-order chi connectivity index (χ0) is 13.3. The van der Waals surface area contributed by atoms with Gasteiger partial charge in [-0.3, -0.25) is 0 Å². The monoisotopic (exact) mass is 270 g/mol. The summed E-state index contributed by atoms with van der Waals surface area (Å²) in [5.41, 5.74) is 0.563. The van der Waals surface area contributed by atoms with E-state index in [-0.39, 0.29) is 23.1 Å². The smallest absolute Gasteiger partial charge is 0.337 e. The van der Waals surface area contributed by atoms with E-state index in [1.807, 2.05) is 0 Å². The van der Waals surface area contributed by atoms with Crippen molar-refractivity contribution in [2.75, 3.05) is 16.8 Å². The van der Waals surface area contributed by atoms with E-state index in [1.54, 1.807) is 13.0 Å². The Kier molecular flexibility index (Phi) is 3.25. The summed E-state index contributed by atoms with van der Waals surface area (Å²) in [7, 11) is -2.93. The first-order valence-electron chi connectivity index (χ1n) is 5.55. The van der Waals surface area contributed by atoms with Crippen LogP contribution in [0.4, 0.5) is 5.82 Å². The van der Waals surface area contributed by atoms with E-state index in [0.717, 1.165) is 0 Å². The molecular formula is C11H14N2O4S. The molecule has 0 saturated carbocycles. The molecule has 1 aliphatic heterocycles. The van der Waals surface area contributed by atoms with Crippen LogP contribution in [0.25, 0.3) is 0 Å². The van der Waals surface area contributed by atoms with Gasteiger partial charge in [0.15, 0.2) is 9.84 Å². The molecule has 2 N–H and O–H groups in total. The predicted octanol–water partition coefficient (Wildman–Crippen LogP) is 0.687. The van der Waals surface area contributed by atoms with Crippen LogP contribution in [0.1, 0.15) is 22.5 Å². The minimum atomic E-state index is -2.93. The highest BCUT2D eigenvalue weighted by Crippen LogP contribution is 2.17. The van der Waals surface area contributed by atoms with Gasteiger partial charge in [0.25, 0.3) is 0 Å².